The number of anilines is 1. The predicted octanol–water partition coefficient (Wildman–Crippen LogP) is 4.13. The number of fused-ring (bicyclic) bond motifs is 1. The molecule has 3 aromatic rings. The SMILES string of the molecule is COc1ccc2nc(C=Cc3ccccn3)nc(NC3CCC(CN)CC3)c2c1. The van der Waals surface area contributed by atoms with E-state index in [-0.39, 0.29) is 0 Å². The minimum absolute atomic E-state index is 0.398. The Hall–Kier alpha value is -2.99. The number of benzene rings is 1. The molecule has 0 spiro atoms. The molecule has 3 N–H and O–H groups in total. The summed E-state index contributed by atoms with van der Waals surface area (Å²) in [7, 11) is 1.67. The smallest absolute Gasteiger partial charge is 0.155 e. The van der Waals surface area contributed by atoms with Crippen LogP contribution in [0.4, 0.5) is 5.82 Å². The number of rotatable bonds is 6. The van der Waals surface area contributed by atoms with Gasteiger partial charge in [-0.2, -0.15) is 0 Å². The van der Waals surface area contributed by atoms with E-state index in [1.54, 1.807) is 13.3 Å². The normalized spacial score (nSPS) is 19.5. The van der Waals surface area contributed by atoms with Crippen molar-refractivity contribution in [3.63, 3.8) is 0 Å². The fourth-order valence-corrected chi connectivity index (χ4v) is 3.81. The molecular weight excluding hydrogens is 362 g/mol. The van der Waals surface area contributed by atoms with E-state index < -0.39 is 0 Å². The van der Waals surface area contributed by atoms with Gasteiger partial charge in [0, 0.05) is 17.6 Å². The molecule has 1 saturated carbocycles. The van der Waals surface area contributed by atoms with Crippen LogP contribution < -0.4 is 15.8 Å². The minimum atomic E-state index is 0.398. The Labute approximate surface area is 171 Å². The fourth-order valence-electron chi connectivity index (χ4n) is 3.81. The van der Waals surface area contributed by atoms with Crippen molar-refractivity contribution in [2.45, 2.75) is 31.7 Å². The van der Waals surface area contributed by atoms with Gasteiger partial charge in [-0.25, -0.2) is 9.97 Å². The maximum atomic E-state index is 5.84. The molecule has 0 saturated heterocycles. The molecule has 4 rings (SSSR count). The van der Waals surface area contributed by atoms with E-state index in [0.29, 0.717) is 17.8 Å². The first kappa shape index (κ1) is 19.3. The third kappa shape index (κ3) is 4.71. The number of methoxy groups -OCH3 is 1. The van der Waals surface area contributed by atoms with Gasteiger partial charge in [0.05, 0.1) is 18.3 Å². The van der Waals surface area contributed by atoms with Crippen molar-refractivity contribution in [3.05, 3.63) is 54.1 Å². The van der Waals surface area contributed by atoms with Gasteiger partial charge in [0.2, 0.25) is 0 Å². The van der Waals surface area contributed by atoms with E-state index in [4.69, 9.17) is 20.4 Å². The van der Waals surface area contributed by atoms with Gasteiger partial charge in [0.1, 0.15) is 11.6 Å². The molecule has 0 unspecified atom stereocenters. The molecule has 0 atom stereocenters. The minimum Gasteiger partial charge on any atom is -0.497 e. The highest BCUT2D eigenvalue weighted by atomic mass is 16.5. The molecule has 0 aliphatic heterocycles. The molecule has 0 amide bonds. The molecule has 29 heavy (non-hydrogen) atoms. The van der Waals surface area contributed by atoms with E-state index in [2.05, 4.69) is 10.3 Å². The van der Waals surface area contributed by atoms with Crippen LogP contribution in [0, 0.1) is 5.92 Å². The van der Waals surface area contributed by atoms with Gasteiger partial charge in [-0.3, -0.25) is 4.98 Å². The fraction of sp³-hybridized carbons (Fsp3) is 0.348. The maximum Gasteiger partial charge on any atom is 0.155 e. The number of nitrogens with zero attached hydrogens (tertiary/aromatic N) is 3. The van der Waals surface area contributed by atoms with Crippen LogP contribution in [0.2, 0.25) is 0 Å². The van der Waals surface area contributed by atoms with Gasteiger partial charge in [-0.1, -0.05) is 6.07 Å². The lowest BCUT2D eigenvalue weighted by Gasteiger charge is -2.29. The first-order valence-corrected chi connectivity index (χ1v) is 10.2. The van der Waals surface area contributed by atoms with Gasteiger partial charge in [0.25, 0.3) is 0 Å². The second-order valence-electron chi connectivity index (χ2n) is 7.50. The average Bonchev–Trinajstić information content (AvgIpc) is 2.78. The van der Waals surface area contributed by atoms with Crippen LogP contribution in [0.1, 0.15) is 37.2 Å². The summed E-state index contributed by atoms with van der Waals surface area (Å²) in [6, 6.07) is 12.1. The Balaban J connectivity index is 1.65. The van der Waals surface area contributed by atoms with Crippen molar-refractivity contribution >= 4 is 28.9 Å². The van der Waals surface area contributed by atoms with Crippen LogP contribution in [0.5, 0.6) is 5.75 Å². The molecule has 6 heteroatoms. The van der Waals surface area contributed by atoms with Crippen LogP contribution >= 0.6 is 0 Å². The summed E-state index contributed by atoms with van der Waals surface area (Å²) in [5.41, 5.74) is 7.61. The summed E-state index contributed by atoms with van der Waals surface area (Å²) in [5.74, 6) is 2.96. The molecule has 6 nitrogen and oxygen atoms in total. The van der Waals surface area contributed by atoms with Gasteiger partial charge in [-0.15, -0.1) is 0 Å². The number of ether oxygens (including phenoxy) is 1. The highest BCUT2D eigenvalue weighted by Crippen LogP contribution is 2.30. The van der Waals surface area contributed by atoms with Crippen LogP contribution in [0.3, 0.4) is 0 Å². The molecule has 1 aliphatic rings. The van der Waals surface area contributed by atoms with Crippen LogP contribution in [-0.2, 0) is 0 Å². The quantitative estimate of drug-likeness (QED) is 0.659. The highest BCUT2D eigenvalue weighted by Gasteiger charge is 2.21. The van der Waals surface area contributed by atoms with Gasteiger partial charge in [-0.05, 0) is 80.6 Å². The van der Waals surface area contributed by atoms with Crippen molar-refractivity contribution in [3.8, 4) is 5.75 Å². The lowest BCUT2D eigenvalue weighted by molar-refractivity contribution is 0.344. The Morgan fingerprint density at radius 2 is 1.97 bits per heavy atom. The van der Waals surface area contributed by atoms with E-state index in [9.17, 15) is 0 Å². The first-order valence-electron chi connectivity index (χ1n) is 10.2. The topological polar surface area (TPSA) is 86.0 Å². The summed E-state index contributed by atoms with van der Waals surface area (Å²) in [5, 5.41) is 4.63. The number of aromatic nitrogens is 3. The summed E-state index contributed by atoms with van der Waals surface area (Å²) < 4.78 is 5.41. The monoisotopic (exact) mass is 389 g/mol. The Morgan fingerprint density at radius 1 is 1.10 bits per heavy atom. The van der Waals surface area contributed by atoms with Gasteiger partial charge >= 0.3 is 0 Å². The van der Waals surface area contributed by atoms with Crippen LogP contribution in [0.15, 0.2) is 42.6 Å². The van der Waals surface area contributed by atoms with Crippen molar-refractivity contribution in [2.24, 2.45) is 11.7 Å². The van der Waals surface area contributed by atoms with Crippen molar-refractivity contribution in [1.82, 2.24) is 15.0 Å². The summed E-state index contributed by atoms with van der Waals surface area (Å²) in [6.07, 6.45) is 10.1. The third-order valence-corrected chi connectivity index (χ3v) is 5.53. The summed E-state index contributed by atoms with van der Waals surface area (Å²) in [4.78, 5) is 13.8. The molecule has 0 radical (unpaired) electrons. The number of pyridine rings is 1. The molecule has 2 heterocycles. The standard InChI is InChI=1S/C23H27N5O/c1-29-19-10-11-21-20(14-19)23(26-18-7-5-16(15-24)6-8-18)28-22(27-21)12-9-17-4-2-3-13-25-17/h2-4,9-14,16,18H,5-8,15,24H2,1H3,(H,26,27,28). The Bertz CT molecular complexity index is 981. The Kier molecular flexibility index (Phi) is 6.00. The predicted molar refractivity (Wildman–Crippen MR) is 118 cm³/mol. The van der Waals surface area contributed by atoms with Crippen molar-refractivity contribution < 1.29 is 4.74 Å². The molecule has 2 aromatic heterocycles. The summed E-state index contributed by atoms with van der Waals surface area (Å²) in [6.45, 7) is 0.781. The molecule has 1 aromatic carbocycles. The lowest BCUT2D eigenvalue weighted by Crippen LogP contribution is -2.29. The molecular formula is C23H27N5O. The zero-order chi connectivity index (χ0) is 20.1. The number of nitrogens with one attached hydrogen (secondary N) is 1. The van der Waals surface area contributed by atoms with E-state index in [1.807, 2.05) is 48.6 Å². The molecule has 1 fully saturated rings. The largest absolute Gasteiger partial charge is 0.497 e. The molecule has 1 aliphatic carbocycles. The Morgan fingerprint density at radius 3 is 2.69 bits per heavy atom. The molecule has 150 valence electrons. The van der Waals surface area contributed by atoms with E-state index >= 15 is 0 Å². The van der Waals surface area contributed by atoms with Gasteiger partial charge in [0.15, 0.2) is 5.82 Å². The third-order valence-electron chi connectivity index (χ3n) is 5.53. The number of hydrogen-bond donors (Lipinski definition) is 2. The second-order valence-corrected chi connectivity index (χ2v) is 7.50. The van der Waals surface area contributed by atoms with Crippen LogP contribution in [-0.4, -0.2) is 34.6 Å². The van der Waals surface area contributed by atoms with Crippen molar-refractivity contribution in [2.75, 3.05) is 19.0 Å². The average molecular weight is 390 g/mol. The maximum absolute atomic E-state index is 5.84. The highest BCUT2D eigenvalue weighted by molar-refractivity contribution is 5.91. The first-order chi connectivity index (χ1) is 14.2. The summed E-state index contributed by atoms with van der Waals surface area (Å²) >= 11 is 0. The number of hydrogen-bond acceptors (Lipinski definition) is 6. The van der Waals surface area contributed by atoms with E-state index in [1.165, 1.54) is 0 Å². The molecule has 0 bridgehead atoms. The number of nitrogens with two attached hydrogens (primary N) is 1. The van der Waals surface area contributed by atoms with Crippen LogP contribution in [0.25, 0.3) is 23.1 Å². The zero-order valence-corrected chi connectivity index (χ0v) is 16.7. The van der Waals surface area contributed by atoms with Gasteiger partial charge < -0.3 is 15.8 Å². The van der Waals surface area contributed by atoms with Crippen molar-refractivity contribution in [1.29, 1.82) is 0 Å². The van der Waals surface area contributed by atoms with E-state index in [0.717, 1.165) is 60.4 Å². The second kappa shape index (κ2) is 9.01. The zero-order valence-electron chi connectivity index (χ0n) is 16.7. The lowest BCUT2D eigenvalue weighted by atomic mass is 9.86.